The molecule has 0 bridgehead atoms. The minimum atomic E-state index is -4.68. The van der Waals surface area contributed by atoms with Crippen LogP contribution in [0.1, 0.15) is 21.9 Å². The summed E-state index contributed by atoms with van der Waals surface area (Å²) >= 11 is 11.7. The first-order chi connectivity index (χ1) is 11.5. The van der Waals surface area contributed by atoms with Crippen LogP contribution in [-0.4, -0.2) is 12.4 Å². The summed E-state index contributed by atoms with van der Waals surface area (Å²) < 4.78 is 77.4. The molecular formula is C16H10Cl2F6S. The quantitative estimate of drug-likeness (QED) is 0.365. The molecule has 0 N–H and O–H groups in total. The van der Waals surface area contributed by atoms with Crippen molar-refractivity contribution >= 4 is 35.0 Å². The molecule has 136 valence electrons. The van der Waals surface area contributed by atoms with Gasteiger partial charge in [0.2, 0.25) is 0 Å². The number of rotatable bonds is 4. The number of hydrogen-bond acceptors (Lipinski definition) is 1. The van der Waals surface area contributed by atoms with Gasteiger partial charge < -0.3 is 0 Å². The van der Waals surface area contributed by atoms with Gasteiger partial charge in [-0.05, 0) is 23.3 Å². The Bertz CT molecular complexity index is 668. The van der Waals surface area contributed by atoms with Crippen molar-refractivity contribution in [3.8, 4) is 0 Å². The highest BCUT2D eigenvalue weighted by Gasteiger charge is 2.42. The van der Waals surface area contributed by atoms with Gasteiger partial charge in [-0.25, -0.2) is 0 Å². The van der Waals surface area contributed by atoms with Gasteiger partial charge in [0, 0.05) is 9.79 Å². The second-order valence-electron chi connectivity index (χ2n) is 4.99. The van der Waals surface area contributed by atoms with Crippen molar-refractivity contribution in [1.82, 2.24) is 0 Å². The molecule has 2 unspecified atom stereocenters. The van der Waals surface area contributed by atoms with Gasteiger partial charge in [-0.15, -0.1) is 23.2 Å². The van der Waals surface area contributed by atoms with Crippen molar-refractivity contribution in [3.05, 3.63) is 59.7 Å². The lowest BCUT2D eigenvalue weighted by Crippen LogP contribution is -2.17. The predicted octanol–water partition coefficient (Wildman–Crippen LogP) is 7.52. The Morgan fingerprint density at radius 3 is 1.28 bits per heavy atom. The Labute approximate surface area is 154 Å². The maximum absolute atomic E-state index is 12.9. The van der Waals surface area contributed by atoms with Crippen molar-refractivity contribution in [3.63, 3.8) is 0 Å². The summed E-state index contributed by atoms with van der Waals surface area (Å²) in [7, 11) is 0. The van der Waals surface area contributed by atoms with Crippen LogP contribution >= 0.6 is 35.0 Å². The number of halogens is 8. The molecule has 2 aromatic rings. The van der Waals surface area contributed by atoms with E-state index < -0.39 is 23.1 Å². The molecule has 0 aliphatic carbocycles. The van der Waals surface area contributed by atoms with Crippen LogP contribution in [0.4, 0.5) is 26.3 Å². The van der Waals surface area contributed by atoms with Gasteiger partial charge in [0.1, 0.15) is 0 Å². The highest BCUT2D eigenvalue weighted by atomic mass is 35.5. The van der Waals surface area contributed by atoms with Gasteiger partial charge in [0.15, 0.2) is 10.8 Å². The molecule has 0 aliphatic heterocycles. The fraction of sp³-hybridized carbons (Fsp3) is 0.250. The maximum atomic E-state index is 12.9. The Hall–Kier alpha value is -1.05. The van der Waals surface area contributed by atoms with E-state index in [4.69, 9.17) is 23.2 Å². The van der Waals surface area contributed by atoms with E-state index in [0.29, 0.717) is 0 Å². The minimum absolute atomic E-state index is 0.110. The molecular weight excluding hydrogens is 409 g/mol. The number of hydrogen-bond donors (Lipinski definition) is 0. The summed E-state index contributed by atoms with van der Waals surface area (Å²) in [6.45, 7) is 0. The van der Waals surface area contributed by atoms with E-state index in [0.717, 1.165) is 11.8 Å². The zero-order valence-electron chi connectivity index (χ0n) is 12.2. The minimum Gasteiger partial charge on any atom is -0.169 e. The van der Waals surface area contributed by atoms with Crippen LogP contribution < -0.4 is 0 Å². The molecule has 2 atom stereocenters. The normalized spacial score (nSPS) is 15.0. The van der Waals surface area contributed by atoms with Crippen LogP contribution in [0.2, 0.25) is 0 Å². The lowest BCUT2D eigenvalue weighted by Gasteiger charge is -2.20. The van der Waals surface area contributed by atoms with E-state index in [9.17, 15) is 26.3 Å². The van der Waals surface area contributed by atoms with E-state index in [1.807, 2.05) is 0 Å². The molecule has 0 aromatic heterocycles. The Morgan fingerprint density at radius 1 is 0.640 bits per heavy atom. The number of alkyl halides is 8. The first kappa shape index (κ1) is 20.3. The van der Waals surface area contributed by atoms with Gasteiger partial charge in [0.05, 0.1) is 0 Å². The largest absolute Gasteiger partial charge is 0.408 e. The van der Waals surface area contributed by atoms with Crippen LogP contribution in [0.5, 0.6) is 0 Å². The molecule has 2 aromatic carbocycles. The topological polar surface area (TPSA) is 0 Å². The summed E-state index contributed by atoms with van der Waals surface area (Å²) in [5, 5.41) is -4.53. The first-order valence-electron chi connectivity index (χ1n) is 6.79. The Balaban J connectivity index is 2.43. The van der Waals surface area contributed by atoms with Crippen molar-refractivity contribution in [1.29, 1.82) is 0 Å². The van der Waals surface area contributed by atoms with E-state index in [1.54, 1.807) is 0 Å². The highest BCUT2D eigenvalue weighted by Crippen LogP contribution is 2.47. The lowest BCUT2D eigenvalue weighted by molar-refractivity contribution is -0.132. The molecule has 0 radical (unpaired) electrons. The average Bonchev–Trinajstić information content (AvgIpc) is 2.53. The summed E-state index contributed by atoms with van der Waals surface area (Å²) in [4.78, 5) is 0.219. The highest BCUT2D eigenvalue weighted by molar-refractivity contribution is 7.99. The van der Waals surface area contributed by atoms with Crippen LogP contribution in [-0.2, 0) is 0 Å². The van der Waals surface area contributed by atoms with Crippen LogP contribution in [0.15, 0.2) is 58.3 Å². The SMILES string of the molecule is FC(F)(F)C(Cl)c1ccccc1Sc1ccccc1C(Cl)C(F)(F)F. The Kier molecular flexibility index (Phi) is 6.22. The third-order valence-corrected chi connectivity index (χ3v) is 5.33. The molecule has 25 heavy (non-hydrogen) atoms. The van der Waals surface area contributed by atoms with Gasteiger partial charge in [-0.2, -0.15) is 26.3 Å². The lowest BCUT2D eigenvalue weighted by atomic mass is 10.1. The van der Waals surface area contributed by atoms with Crippen molar-refractivity contribution in [2.45, 2.75) is 32.9 Å². The second-order valence-corrected chi connectivity index (χ2v) is 6.94. The van der Waals surface area contributed by atoms with Gasteiger partial charge >= 0.3 is 12.4 Å². The zero-order valence-corrected chi connectivity index (χ0v) is 14.5. The molecule has 0 heterocycles. The molecule has 0 fully saturated rings. The summed E-state index contributed by atoms with van der Waals surface area (Å²) in [6.07, 6.45) is -9.36. The zero-order chi connectivity index (χ0) is 18.8. The maximum Gasteiger partial charge on any atom is 0.408 e. The van der Waals surface area contributed by atoms with Crippen LogP contribution in [0, 0.1) is 0 Å². The first-order valence-corrected chi connectivity index (χ1v) is 8.48. The van der Waals surface area contributed by atoms with Gasteiger partial charge in [-0.1, -0.05) is 48.2 Å². The smallest absolute Gasteiger partial charge is 0.169 e. The summed E-state index contributed by atoms with van der Waals surface area (Å²) in [6, 6.07) is 10.9. The Morgan fingerprint density at radius 2 is 0.960 bits per heavy atom. The van der Waals surface area contributed by atoms with Crippen LogP contribution in [0.25, 0.3) is 0 Å². The second kappa shape index (κ2) is 7.68. The summed E-state index contributed by atoms with van der Waals surface area (Å²) in [5.41, 5.74) is -0.454. The predicted molar refractivity (Wildman–Crippen MR) is 86.3 cm³/mol. The van der Waals surface area contributed by atoms with Crippen molar-refractivity contribution in [2.24, 2.45) is 0 Å². The van der Waals surface area contributed by atoms with E-state index >= 15 is 0 Å². The fourth-order valence-electron chi connectivity index (χ4n) is 2.04. The molecule has 0 spiro atoms. The molecule has 0 nitrogen and oxygen atoms in total. The third-order valence-electron chi connectivity index (χ3n) is 3.18. The van der Waals surface area contributed by atoms with Crippen molar-refractivity contribution in [2.75, 3.05) is 0 Å². The van der Waals surface area contributed by atoms with Crippen LogP contribution in [0.3, 0.4) is 0 Å². The van der Waals surface area contributed by atoms with Gasteiger partial charge in [0.25, 0.3) is 0 Å². The fourth-order valence-corrected chi connectivity index (χ4v) is 3.68. The third kappa shape index (κ3) is 4.99. The average molecular weight is 419 g/mol. The van der Waals surface area contributed by atoms with Gasteiger partial charge in [-0.3, -0.25) is 0 Å². The van der Waals surface area contributed by atoms with E-state index in [2.05, 4.69) is 0 Å². The number of benzene rings is 2. The molecule has 0 saturated heterocycles. The summed E-state index contributed by atoms with van der Waals surface area (Å²) in [5.74, 6) is 0. The van der Waals surface area contributed by atoms with E-state index in [-0.39, 0.29) is 20.9 Å². The monoisotopic (exact) mass is 418 g/mol. The molecule has 0 amide bonds. The molecule has 0 saturated carbocycles. The molecule has 2 rings (SSSR count). The molecule has 0 aliphatic rings. The molecule has 9 heteroatoms. The standard InChI is InChI=1S/C16H10Cl2F6S/c17-13(15(19,20)21)9-5-1-3-7-11(9)25-12-8-4-2-6-10(12)14(18)16(22,23)24/h1-8,13-14H. The van der Waals surface area contributed by atoms with E-state index in [1.165, 1.54) is 48.5 Å². The van der Waals surface area contributed by atoms with Crippen molar-refractivity contribution < 1.29 is 26.3 Å².